The number of amides is 1. The van der Waals surface area contributed by atoms with Gasteiger partial charge in [0.15, 0.2) is 0 Å². The average Bonchev–Trinajstić information content (AvgIpc) is 2.44. The van der Waals surface area contributed by atoms with Gasteiger partial charge in [0.2, 0.25) is 0 Å². The molecular weight excluding hydrogens is 318 g/mol. The predicted molar refractivity (Wildman–Crippen MR) is 85.8 cm³/mol. The number of nitrogen functional groups attached to an aromatic ring is 1. The van der Waals surface area contributed by atoms with Crippen molar-refractivity contribution in [1.29, 1.82) is 0 Å². The van der Waals surface area contributed by atoms with Gasteiger partial charge in [-0.3, -0.25) is 4.79 Å². The lowest BCUT2D eigenvalue weighted by Gasteiger charge is -2.32. The molecule has 0 aliphatic carbocycles. The number of hydrogen-bond donors (Lipinski definition) is 2. The van der Waals surface area contributed by atoms with E-state index in [1.807, 2.05) is 0 Å². The fourth-order valence-electron chi connectivity index (χ4n) is 2.55. The molecule has 1 saturated heterocycles. The van der Waals surface area contributed by atoms with E-state index in [1.165, 1.54) is 6.42 Å². The van der Waals surface area contributed by atoms with Gasteiger partial charge in [0, 0.05) is 34.9 Å². The SMILES string of the molecule is CCCN1CCC(NC(=O)c2ccc(N)c(Br)c2)CC1. The summed E-state index contributed by atoms with van der Waals surface area (Å²) in [4.78, 5) is 14.7. The van der Waals surface area contributed by atoms with E-state index in [2.05, 4.69) is 33.1 Å². The smallest absolute Gasteiger partial charge is 0.251 e. The summed E-state index contributed by atoms with van der Waals surface area (Å²) in [5.41, 5.74) is 7.04. The zero-order chi connectivity index (χ0) is 14.5. The third-order valence-corrected chi connectivity index (χ3v) is 4.41. The van der Waals surface area contributed by atoms with Crippen LogP contribution in [0, 0.1) is 0 Å². The van der Waals surface area contributed by atoms with Gasteiger partial charge in [0.1, 0.15) is 0 Å². The van der Waals surface area contributed by atoms with Crippen molar-refractivity contribution in [1.82, 2.24) is 10.2 Å². The molecule has 5 heteroatoms. The minimum Gasteiger partial charge on any atom is -0.398 e. The summed E-state index contributed by atoms with van der Waals surface area (Å²) in [7, 11) is 0. The number of nitrogens with one attached hydrogen (secondary N) is 1. The van der Waals surface area contributed by atoms with E-state index in [0.717, 1.165) is 36.9 Å². The fourth-order valence-corrected chi connectivity index (χ4v) is 2.93. The predicted octanol–water partition coefficient (Wildman–Crippen LogP) is 2.64. The van der Waals surface area contributed by atoms with Crippen molar-refractivity contribution < 1.29 is 4.79 Å². The molecule has 0 unspecified atom stereocenters. The number of nitrogens with two attached hydrogens (primary N) is 1. The standard InChI is InChI=1S/C15H22BrN3O/c1-2-7-19-8-5-12(6-9-19)18-15(20)11-3-4-14(17)13(16)10-11/h3-4,10,12H,2,5-9,17H2,1H3,(H,18,20). The Balaban J connectivity index is 1.87. The van der Waals surface area contributed by atoms with Gasteiger partial charge in [-0.1, -0.05) is 6.92 Å². The highest BCUT2D eigenvalue weighted by molar-refractivity contribution is 9.10. The van der Waals surface area contributed by atoms with E-state index in [4.69, 9.17) is 5.73 Å². The van der Waals surface area contributed by atoms with Gasteiger partial charge in [-0.2, -0.15) is 0 Å². The summed E-state index contributed by atoms with van der Waals surface area (Å²) in [5, 5.41) is 3.12. The molecule has 1 aromatic rings. The van der Waals surface area contributed by atoms with E-state index in [9.17, 15) is 4.79 Å². The largest absolute Gasteiger partial charge is 0.398 e. The average molecular weight is 340 g/mol. The second-order valence-corrected chi connectivity index (χ2v) is 6.18. The number of piperidine rings is 1. The van der Waals surface area contributed by atoms with Crippen molar-refractivity contribution in [2.45, 2.75) is 32.2 Å². The van der Waals surface area contributed by atoms with Crippen LogP contribution in [-0.2, 0) is 0 Å². The van der Waals surface area contributed by atoms with Crippen LogP contribution in [0.1, 0.15) is 36.5 Å². The number of anilines is 1. The summed E-state index contributed by atoms with van der Waals surface area (Å²) < 4.78 is 0.767. The molecule has 1 aromatic carbocycles. The molecule has 2 rings (SSSR count). The highest BCUT2D eigenvalue weighted by Crippen LogP contribution is 2.20. The first-order valence-electron chi connectivity index (χ1n) is 7.18. The number of carbonyl (C=O) groups excluding carboxylic acids is 1. The molecule has 1 fully saturated rings. The van der Waals surface area contributed by atoms with Crippen molar-refractivity contribution in [2.24, 2.45) is 0 Å². The number of benzene rings is 1. The quantitative estimate of drug-likeness (QED) is 0.829. The molecule has 1 heterocycles. The van der Waals surface area contributed by atoms with Crippen LogP contribution in [0.25, 0.3) is 0 Å². The van der Waals surface area contributed by atoms with Crippen molar-refractivity contribution in [3.05, 3.63) is 28.2 Å². The summed E-state index contributed by atoms with van der Waals surface area (Å²) in [6, 6.07) is 5.58. The van der Waals surface area contributed by atoms with Crippen LogP contribution in [0.3, 0.4) is 0 Å². The molecule has 3 N–H and O–H groups in total. The zero-order valence-corrected chi connectivity index (χ0v) is 13.4. The summed E-state index contributed by atoms with van der Waals surface area (Å²) in [6.45, 7) is 5.51. The lowest BCUT2D eigenvalue weighted by atomic mass is 10.0. The van der Waals surface area contributed by atoms with Gasteiger partial charge in [0.05, 0.1) is 0 Å². The summed E-state index contributed by atoms with van der Waals surface area (Å²) in [6.07, 6.45) is 3.25. The van der Waals surface area contributed by atoms with Crippen LogP contribution in [0.2, 0.25) is 0 Å². The highest BCUT2D eigenvalue weighted by Gasteiger charge is 2.20. The van der Waals surface area contributed by atoms with Gasteiger partial charge < -0.3 is 16.0 Å². The molecule has 1 amide bonds. The van der Waals surface area contributed by atoms with Gasteiger partial charge in [0.25, 0.3) is 5.91 Å². The maximum Gasteiger partial charge on any atom is 0.251 e. The molecule has 110 valence electrons. The van der Waals surface area contributed by atoms with E-state index in [1.54, 1.807) is 18.2 Å². The van der Waals surface area contributed by atoms with Gasteiger partial charge in [-0.25, -0.2) is 0 Å². The third kappa shape index (κ3) is 3.96. The first kappa shape index (κ1) is 15.3. The topological polar surface area (TPSA) is 58.4 Å². The minimum absolute atomic E-state index is 0.0142. The molecule has 0 atom stereocenters. The Bertz CT molecular complexity index is 470. The van der Waals surface area contributed by atoms with Crippen LogP contribution >= 0.6 is 15.9 Å². The molecule has 20 heavy (non-hydrogen) atoms. The van der Waals surface area contributed by atoms with Crippen molar-refractivity contribution in [3.63, 3.8) is 0 Å². The monoisotopic (exact) mass is 339 g/mol. The van der Waals surface area contributed by atoms with Gasteiger partial charge in [-0.15, -0.1) is 0 Å². The number of carbonyl (C=O) groups is 1. The van der Waals surface area contributed by atoms with E-state index in [0.29, 0.717) is 11.3 Å². The second kappa shape index (κ2) is 7.09. The Morgan fingerprint density at radius 2 is 2.15 bits per heavy atom. The Morgan fingerprint density at radius 3 is 2.75 bits per heavy atom. The van der Waals surface area contributed by atoms with Crippen molar-refractivity contribution in [2.75, 3.05) is 25.4 Å². The normalized spacial score (nSPS) is 17.1. The molecule has 0 aromatic heterocycles. The number of halogens is 1. The molecule has 1 aliphatic rings. The first-order valence-corrected chi connectivity index (χ1v) is 7.97. The van der Waals surface area contributed by atoms with Crippen molar-refractivity contribution >= 4 is 27.5 Å². The molecule has 0 saturated carbocycles. The third-order valence-electron chi connectivity index (χ3n) is 3.73. The summed E-state index contributed by atoms with van der Waals surface area (Å²) >= 11 is 3.35. The Hall–Kier alpha value is -1.07. The summed E-state index contributed by atoms with van der Waals surface area (Å²) in [5.74, 6) is -0.0142. The molecule has 4 nitrogen and oxygen atoms in total. The highest BCUT2D eigenvalue weighted by atomic mass is 79.9. The first-order chi connectivity index (χ1) is 9.60. The number of nitrogens with zero attached hydrogens (tertiary/aromatic N) is 1. The maximum absolute atomic E-state index is 12.2. The minimum atomic E-state index is -0.0142. The van der Waals surface area contributed by atoms with Crippen LogP contribution in [0.4, 0.5) is 5.69 Å². The van der Waals surface area contributed by atoms with Crippen LogP contribution < -0.4 is 11.1 Å². The van der Waals surface area contributed by atoms with Gasteiger partial charge >= 0.3 is 0 Å². The zero-order valence-electron chi connectivity index (χ0n) is 11.9. The lowest BCUT2D eigenvalue weighted by molar-refractivity contribution is 0.0911. The number of hydrogen-bond acceptors (Lipinski definition) is 3. The Morgan fingerprint density at radius 1 is 1.45 bits per heavy atom. The fraction of sp³-hybridized carbons (Fsp3) is 0.533. The van der Waals surface area contributed by atoms with E-state index in [-0.39, 0.29) is 11.9 Å². The van der Waals surface area contributed by atoms with E-state index < -0.39 is 0 Å². The molecule has 0 bridgehead atoms. The van der Waals surface area contributed by atoms with Crippen LogP contribution in [0.15, 0.2) is 22.7 Å². The Kier molecular flexibility index (Phi) is 5.43. The second-order valence-electron chi connectivity index (χ2n) is 5.33. The van der Waals surface area contributed by atoms with E-state index >= 15 is 0 Å². The molecule has 1 aliphatic heterocycles. The van der Waals surface area contributed by atoms with Gasteiger partial charge in [-0.05, 0) is 59.9 Å². The maximum atomic E-state index is 12.2. The van der Waals surface area contributed by atoms with Crippen molar-refractivity contribution in [3.8, 4) is 0 Å². The lowest BCUT2D eigenvalue weighted by Crippen LogP contribution is -2.44. The van der Waals surface area contributed by atoms with Crippen LogP contribution in [0.5, 0.6) is 0 Å². The van der Waals surface area contributed by atoms with Crippen LogP contribution in [-0.4, -0.2) is 36.5 Å². The Labute approximate surface area is 128 Å². The number of likely N-dealkylation sites (tertiary alicyclic amines) is 1. The molecular formula is C15H22BrN3O. The molecule has 0 spiro atoms. The number of rotatable bonds is 4. The molecule has 0 radical (unpaired) electrons.